The van der Waals surface area contributed by atoms with Crippen molar-refractivity contribution in [3.63, 3.8) is 0 Å². The highest BCUT2D eigenvalue weighted by molar-refractivity contribution is 5.73. The fourth-order valence-corrected chi connectivity index (χ4v) is 3.42. The number of carboxylic acid groups (broad SMARTS) is 1. The van der Waals surface area contributed by atoms with Crippen LogP contribution in [0, 0.1) is 5.82 Å². The number of benzene rings is 3. The minimum absolute atomic E-state index is 0.0831. The predicted octanol–water partition coefficient (Wildman–Crippen LogP) is 3.88. The number of rotatable bonds is 9. The number of aliphatic hydroxyl groups is 1. The summed E-state index contributed by atoms with van der Waals surface area (Å²) in [6.07, 6.45) is -1.57. The molecule has 0 saturated heterocycles. The summed E-state index contributed by atoms with van der Waals surface area (Å²) >= 11 is 0. The molecule has 29 heavy (non-hydrogen) atoms. The summed E-state index contributed by atoms with van der Waals surface area (Å²) in [5, 5.41) is 20.0. The van der Waals surface area contributed by atoms with E-state index < -0.39 is 23.9 Å². The Balaban J connectivity index is 1.95. The number of hydrogen-bond donors (Lipinski definition) is 2. The van der Waals surface area contributed by atoms with Crippen molar-refractivity contribution in [3.8, 4) is 0 Å². The van der Waals surface area contributed by atoms with Gasteiger partial charge in [-0.3, -0.25) is 4.90 Å². The molecule has 0 heterocycles. The molecule has 2 N–H and O–H groups in total. The number of nitrogens with zero attached hydrogens (tertiary/aromatic N) is 1. The Morgan fingerprint density at radius 2 is 1.31 bits per heavy atom. The third kappa shape index (κ3) is 5.73. The molecule has 0 amide bonds. The first-order valence-corrected chi connectivity index (χ1v) is 9.51. The number of halogens is 1. The van der Waals surface area contributed by atoms with Gasteiger partial charge in [-0.25, -0.2) is 9.18 Å². The number of aliphatic carboxylic acids is 1. The van der Waals surface area contributed by atoms with Crippen molar-refractivity contribution in [1.29, 1.82) is 0 Å². The van der Waals surface area contributed by atoms with Gasteiger partial charge in [-0.05, 0) is 29.2 Å². The van der Waals surface area contributed by atoms with Gasteiger partial charge in [0.1, 0.15) is 5.82 Å². The topological polar surface area (TPSA) is 60.8 Å². The molecule has 3 aromatic rings. The van der Waals surface area contributed by atoms with E-state index in [9.17, 15) is 19.4 Å². The lowest BCUT2D eigenvalue weighted by Crippen LogP contribution is -2.48. The molecule has 0 saturated carbocycles. The number of carboxylic acids is 1. The van der Waals surface area contributed by atoms with E-state index in [2.05, 4.69) is 0 Å². The standard InChI is InChI=1S/C24H24FNO3/c25-21-14-8-7-13-20(21)15-22(23(27)24(28)29)26(16-18-9-3-1-4-10-18)17-19-11-5-2-6-12-19/h1-14,22-23,27H,15-17H2,(H,28,29)/t22-,23-/m0/s1. The smallest absolute Gasteiger partial charge is 0.334 e. The Morgan fingerprint density at radius 3 is 1.79 bits per heavy atom. The van der Waals surface area contributed by atoms with E-state index in [1.54, 1.807) is 18.2 Å². The average Bonchev–Trinajstić information content (AvgIpc) is 2.74. The SMILES string of the molecule is O=C(O)[C@@H](O)[C@H](Cc1ccccc1F)N(Cc1ccccc1)Cc1ccccc1. The molecule has 0 aliphatic heterocycles. The molecule has 3 rings (SSSR count). The highest BCUT2D eigenvalue weighted by Crippen LogP contribution is 2.21. The van der Waals surface area contributed by atoms with Crippen LogP contribution in [0.5, 0.6) is 0 Å². The van der Waals surface area contributed by atoms with Crippen molar-refractivity contribution < 1.29 is 19.4 Å². The molecule has 0 unspecified atom stereocenters. The van der Waals surface area contributed by atoms with Crippen molar-refractivity contribution in [2.75, 3.05) is 0 Å². The van der Waals surface area contributed by atoms with Crippen LogP contribution >= 0.6 is 0 Å². The highest BCUT2D eigenvalue weighted by atomic mass is 19.1. The van der Waals surface area contributed by atoms with Crippen molar-refractivity contribution in [3.05, 3.63) is 107 Å². The molecule has 0 aliphatic carbocycles. The molecule has 0 aromatic heterocycles. The van der Waals surface area contributed by atoms with Crippen LogP contribution in [0.1, 0.15) is 16.7 Å². The van der Waals surface area contributed by atoms with Crippen molar-refractivity contribution in [1.82, 2.24) is 4.90 Å². The van der Waals surface area contributed by atoms with Crippen molar-refractivity contribution >= 4 is 5.97 Å². The number of aliphatic hydroxyl groups excluding tert-OH is 1. The number of carbonyl (C=O) groups is 1. The highest BCUT2D eigenvalue weighted by Gasteiger charge is 2.32. The second kappa shape index (κ2) is 9.96. The predicted molar refractivity (Wildman–Crippen MR) is 110 cm³/mol. The van der Waals surface area contributed by atoms with Crippen molar-refractivity contribution in [2.45, 2.75) is 31.7 Å². The fourth-order valence-electron chi connectivity index (χ4n) is 3.42. The van der Waals surface area contributed by atoms with Crippen LogP contribution < -0.4 is 0 Å². The Kier molecular flexibility index (Phi) is 7.11. The molecular formula is C24H24FNO3. The zero-order valence-electron chi connectivity index (χ0n) is 16.0. The van der Waals surface area contributed by atoms with Gasteiger partial charge in [0.05, 0.1) is 6.04 Å². The number of hydrogen-bond acceptors (Lipinski definition) is 3. The summed E-state index contributed by atoms with van der Waals surface area (Å²) < 4.78 is 14.3. The summed E-state index contributed by atoms with van der Waals surface area (Å²) in [5.74, 6) is -1.73. The molecule has 2 atom stereocenters. The largest absolute Gasteiger partial charge is 0.479 e. The van der Waals surface area contributed by atoms with E-state index in [1.165, 1.54) is 6.07 Å². The summed E-state index contributed by atoms with van der Waals surface area (Å²) in [4.78, 5) is 13.6. The van der Waals surface area contributed by atoms with E-state index in [0.717, 1.165) is 11.1 Å². The lowest BCUT2D eigenvalue weighted by molar-refractivity contribution is -0.151. The van der Waals surface area contributed by atoms with Crippen LogP contribution in [0.25, 0.3) is 0 Å². The quantitative estimate of drug-likeness (QED) is 0.579. The van der Waals surface area contributed by atoms with Crippen LogP contribution in [0.2, 0.25) is 0 Å². The average molecular weight is 393 g/mol. The van der Waals surface area contributed by atoms with E-state index in [4.69, 9.17) is 0 Å². The molecule has 5 heteroatoms. The van der Waals surface area contributed by atoms with Gasteiger partial charge in [0.15, 0.2) is 6.10 Å². The van der Waals surface area contributed by atoms with Gasteiger partial charge in [-0.15, -0.1) is 0 Å². The van der Waals surface area contributed by atoms with Crippen LogP contribution in [-0.2, 0) is 24.3 Å². The van der Waals surface area contributed by atoms with E-state index in [-0.39, 0.29) is 6.42 Å². The van der Waals surface area contributed by atoms with Crippen molar-refractivity contribution in [2.24, 2.45) is 0 Å². The summed E-state index contributed by atoms with van der Waals surface area (Å²) in [6, 6.07) is 24.7. The molecule has 0 spiro atoms. The zero-order chi connectivity index (χ0) is 20.6. The maximum absolute atomic E-state index is 14.3. The molecule has 3 aromatic carbocycles. The van der Waals surface area contributed by atoms with Gasteiger partial charge < -0.3 is 10.2 Å². The maximum atomic E-state index is 14.3. The lowest BCUT2D eigenvalue weighted by atomic mass is 9.97. The van der Waals surface area contributed by atoms with Gasteiger partial charge in [0.2, 0.25) is 0 Å². The molecule has 150 valence electrons. The Labute approximate surface area is 169 Å². The fraction of sp³-hybridized carbons (Fsp3) is 0.208. The maximum Gasteiger partial charge on any atom is 0.334 e. The third-order valence-corrected chi connectivity index (χ3v) is 4.93. The molecular weight excluding hydrogens is 369 g/mol. The summed E-state index contributed by atoms with van der Waals surface area (Å²) in [5.41, 5.74) is 2.35. The van der Waals surface area contributed by atoms with Gasteiger partial charge >= 0.3 is 5.97 Å². The van der Waals surface area contributed by atoms with Crippen LogP contribution in [0.3, 0.4) is 0 Å². The Morgan fingerprint density at radius 1 is 0.828 bits per heavy atom. The summed E-state index contributed by atoms with van der Waals surface area (Å²) in [6.45, 7) is 0.860. The second-order valence-electron chi connectivity index (χ2n) is 7.02. The van der Waals surface area contributed by atoms with Crippen LogP contribution in [0.15, 0.2) is 84.9 Å². The van der Waals surface area contributed by atoms with E-state index >= 15 is 0 Å². The molecule has 4 nitrogen and oxygen atoms in total. The minimum atomic E-state index is -1.65. The molecule has 0 fully saturated rings. The third-order valence-electron chi connectivity index (χ3n) is 4.93. The first kappa shape index (κ1) is 20.7. The van der Waals surface area contributed by atoms with E-state index in [1.807, 2.05) is 65.6 Å². The van der Waals surface area contributed by atoms with Gasteiger partial charge in [0, 0.05) is 13.1 Å². The van der Waals surface area contributed by atoms with Gasteiger partial charge in [-0.2, -0.15) is 0 Å². The van der Waals surface area contributed by atoms with E-state index in [0.29, 0.717) is 18.7 Å². The molecule has 0 aliphatic rings. The zero-order valence-corrected chi connectivity index (χ0v) is 16.0. The Bertz CT molecular complexity index is 876. The minimum Gasteiger partial charge on any atom is -0.479 e. The molecule has 0 bridgehead atoms. The second-order valence-corrected chi connectivity index (χ2v) is 7.02. The van der Waals surface area contributed by atoms with Gasteiger partial charge in [0.25, 0.3) is 0 Å². The van der Waals surface area contributed by atoms with Crippen LogP contribution in [0.4, 0.5) is 4.39 Å². The Hall–Kier alpha value is -3.02. The lowest BCUT2D eigenvalue weighted by Gasteiger charge is -2.34. The monoisotopic (exact) mass is 393 g/mol. The first-order chi connectivity index (χ1) is 14.0. The van der Waals surface area contributed by atoms with Gasteiger partial charge in [-0.1, -0.05) is 78.9 Å². The first-order valence-electron chi connectivity index (χ1n) is 9.51. The summed E-state index contributed by atoms with van der Waals surface area (Å²) in [7, 11) is 0. The van der Waals surface area contributed by atoms with Crippen LogP contribution in [-0.4, -0.2) is 33.2 Å². The molecule has 0 radical (unpaired) electrons. The normalized spacial score (nSPS) is 13.2.